The minimum Gasteiger partial charge on any atom is -0.324 e. The predicted octanol–water partition coefficient (Wildman–Crippen LogP) is 7.12. The third-order valence-electron chi connectivity index (χ3n) is 9.07. The van der Waals surface area contributed by atoms with Gasteiger partial charge in [0.25, 0.3) is 5.56 Å². The molecule has 0 amide bonds. The van der Waals surface area contributed by atoms with Gasteiger partial charge in [-0.2, -0.15) is 4.98 Å². The lowest BCUT2D eigenvalue weighted by molar-refractivity contribution is 0.251. The highest BCUT2D eigenvalue weighted by Crippen LogP contribution is 2.34. The molecule has 2 fully saturated rings. The van der Waals surface area contributed by atoms with E-state index in [1.807, 2.05) is 48.5 Å². The molecule has 8 heteroatoms. The zero-order valence-corrected chi connectivity index (χ0v) is 25.7. The Balaban J connectivity index is 1.25. The molecule has 2 unspecified atom stereocenters. The summed E-state index contributed by atoms with van der Waals surface area (Å²) >= 11 is 6.91. The fourth-order valence-corrected chi connectivity index (χ4v) is 7.00. The smallest absolute Gasteiger partial charge is 0.264 e. The summed E-state index contributed by atoms with van der Waals surface area (Å²) in [5.74, 6) is 1.42. The van der Waals surface area contributed by atoms with E-state index in [0.29, 0.717) is 39.6 Å². The molecule has 44 heavy (non-hydrogen) atoms. The molecular weight excluding hydrogens is 568 g/mol. The van der Waals surface area contributed by atoms with Crippen LogP contribution in [0.25, 0.3) is 27.8 Å². The minimum absolute atomic E-state index is 0.175. The standard InChI is InChI=1S/C36H37ClN6O/c1-42-18-6-8-27(23-42)25-13-16-31(33(37)20-25)32-19-28-22-39-36(41-34(28)43(35(32)44)30-9-3-2-4-10-30)40-29-14-11-24(12-15-29)26-7-5-17-38-21-26/h2-4,9-16,19-20,22,26-27,38H,5-8,17-18,21,23H2,1H3,(H,39,40,41). The fraction of sp³-hybridized carbons (Fsp3) is 0.306. The number of likely N-dealkylation sites (N-methyl/N-ethyl adjacent to an activating group) is 1. The highest BCUT2D eigenvalue weighted by Gasteiger charge is 2.22. The second-order valence-corrected chi connectivity index (χ2v) is 12.5. The van der Waals surface area contributed by atoms with Gasteiger partial charge in [0.2, 0.25) is 5.95 Å². The largest absolute Gasteiger partial charge is 0.324 e. The summed E-state index contributed by atoms with van der Waals surface area (Å²) in [7, 11) is 2.16. The van der Waals surface area contributed by atoms with E-state index in [-0.39, 0.29) is 5.56 Å². The van der Waals surface area contributed by atoms with Gasteiger partial charge in [-0.25, -0.2) is 4.98 Å². The van der Waals surface area contributed by atoms with E-state index in [1.165, 1.54) is 30.4 Å². The molecule has 2 aliphatic rings. The van der Waals surface area contributed by atoms with E-state index in [1.54, 1.807) is 10.8 Å². The van der Waals surface area contributed by atoms with Crippen LogP contribution in [0.5, 0.6) is 0 Å². The molecule has 0 bridgehead atoms. The number of rotatable bonds is 6. The van der Waals surface area contributed by atoms with Gasteiger partial charge in [-0.3, -0.25) is 9.36 Å². The first-order valence-electron chi connectivity index (χ1n) is 15.6. The van der Waals surface area contributed by atoms with E-state index in [0.717, 1.165) is 49.4 Å². The molecule has 5 aromatic rings. The number of pyridine rings is 1. The molecule has 0 aliphatic carbocycles. The molecule has 4 heterocycles. The molecule has 0 saturated carbocycles. The Hall–Kier alpha value is -4.04. The van der Waals surface area contributed by atoms with Crippen molar-refractivity contribution in [2.75, 3.05) is 38.5 Å². The Bertz CT molecular complexity index is 1830. The van der Waals surface area contributed by atoms with Crippen LogP contribution in [-0.2, 0) is 0 Å². The average molecular weight is 605 g/mol. The molecule has 2 atom stereocenters. The van der Waals surface area contributed by atoms with Crippen LogP contribution in [-0.4, -0.2) is 52.7 Å². The second kappa shape index (κ2) is 12.5. The summed E-state index contributed by atoms with van der Waals surface area (Å²) in [5, 5.41) is 8.17. The Labute approximate surface area is 262 Å². The molecule has 0 radical (unpaired) electrons. The minimum atomic E-state index is -0.175. The maximum atomic E-state index is 14.2. The molecule has 3 aromatic carbocycles. The SMILES string of the molecule is CN1CCCC(c2ccc(-c3cc4cnc(Nc5ccc(C6CCCNC6)cc5)nc4n(-c4ccccc4)c3=O)c(Cl)c2)C1. The Morgan fingerprint density at radius 3 is 2.45 bits per heavy atom. The van der Waals surface area contributed by atoms with Crippen molar-refractivity contribution >= 4 is 34.3 Å². The van der Waals surface area contributed by atoms with Crippen LogP contribution in [0.2, 0.25) is 5.02 Å². The highest BCUT2D eigenvalue weighted by atomic mass is 35.5. The number of hydrogen-bond acceptors (Lipinski definition) is 6. The first-order valence-corrected chi connectivity index (χ1v) is 16.0. The Morgan fingerprint density at radius 1 is 0.909 bits per heavy atom. The van der Waals surface area contributed by atoms with Crippen LogP contribution in [0.1, 0.15) is 48.6 Å². The number of nitrogens with zero attached hydrogens (tertiary/aromatic N) is 4. The lowest BCUT2D eigenvalue weighted by atomic mass is 9.90. The summed E-state index contributed by atoms with van der Waals surface area (Å²) in [6, 6.07) is 26.1. The first kappa shape index (κ1) is 28.7. The summed E-state index contributed by atoms with van der Waals surface area (Å²) in [5.41, 5.74) is 5.79. The number of piperidine rings is 2. The molecule has 0 spiro atoms. The number of nitrogens with one attached hydrogen (secondary N) is 2. The zero-order valence-electron chi connectivity index (χ0n) is 25.0. The molecule has 7 nitrogen and oxygen atoms in total. The number of likely N-dealkylation sites (tertiary alicyclic amines) is 1. The topological polar surface area (TPSA) is 75.1 Å². The number of fused-ring (bicyclic) bond motifs is 1. The van der Waals surface area contributed by atoms with Gasteiger partial charge in [-0.1, -0.05) is 54.1 Å². The van der Waals surface area contributed by atoms with Crippen LogP contribution < -0.4 is 16.2 Å². The van der Waals surface area contributed by atoms with Crippen LogP contribution in [0, 0.1) is 0 Å². The van der Waals surface area contributed by atoms with Crippen LogP contribution >= 0.6 is 11.6 Å². The summed E-state index contributed by atoms with van der Waals surface area (Å²) in [6.45, 7) is 4.26. The summed E-state index contributed by atoms with van der Waals surface area (Å²) < 4.78 is 1.66. The van der Waals surface area contributed by atoms with Gasteiger partial charge in [-0.05, 0) is 105 Å². The van der Waals surface area contributed by atoms with Gasteiger partial charge < -0.3 is 15.5 Å². The molecule has 2 aliphatic heterocycles. The van der Waals surface area contributed by atoms with Crippen molar-refractivity contribution in [1.29, 1.82) is 0 Å². The third-order valence-corrected chi connectivity index (χ3v) is 9.38. The molecule has 2 N–H and O–H groups in total. The van der Waals surface area contributed by atoms with Crippen LogP contribution in [0.15, 0.2) is 89.9 Å². The maximum Gasteiger partial charge on any atom is 0.264 e. The van der Waals surface area contributed by atoms with Crippen molar-refractivity contribution in [3.05, 3.63) is 112 Å². The molecular formula is C36H37ClN6O. The maximum absolute atomic E-state index is 14.2. The van der Waals surface area contributed by atoms with E-state index in [2.05, 4.69) is 57.9 Å². The van der Waals surface area contributed by atoms with E-state index < -0.39 is 0 Å². The summed E-state index contributed by atoms with van der Waals surface area (Å²) in [6.07, 6.45) is 6.51. The van der Waals surface area contributed by atoms with E-state index in [4.69, 9.17) is 16.6 Å². The van der Waals surface area contributed by atoms with Gasteiger partial charge in [-0.15, -0.1) is 0 Å². The third kappa shape index (κ3) is 5.87. The normalized spacial score (nSPS) is 19.2. The number of hydrogen-bond donors (Lipinski definition) is 2. The first-order chi connectivity index (χ1) is 21.5. The van der Waals surface area contributed by atoms with Crippen molar-refractivity contribution in [2.24, 2.45) is 0 Å². The lowest BCUT2D eigenvalue weighted by Gasteiger charge is -2.30. The number of anilines is 2. The van der Waals surface area contributed by atoms with E-state index in [9.17, 15) is 4.79 Å². The van der Waals surface area contributed by atoms with Gasteiger partial charge in [0, 0.05) is 46.5 Å². The molecule has 2 aromatic heterocycles. The van der Waals surface area contributed by atoms with Crippen molar-refractivity contribution in [2.45, 2.75) is 37.5 Å². The summed E-state index contributed by atoms with van der Waals surface area (Å²) in [4.78, 5) is 26.1. The van der Waals surface area contributed by atoms with Gasteiger partial charge in [0.05, 0.1) is 5.69 Å². The number of halogens is 1. The van der Waals surface area contributed by atoms with Crippen molar-refractivity contribution in [3.8, 4) is 16.8 Å². The van der Waals surface area contributed by atoms with Crippen molar-refractivity contribution in [1.82, 2.24) is 24.8 Å². The monoisotopic (exact) mass is 604 g/mol. The van der Waals surface area contributed by atoms with Gasteiger partial charge >= 0.3 is 0 Å². The van der Waals surface area contributed by atoms with Crippen molar-refractivity contribution < 1.29 is 0 Å². The quantitative estimate of drug-likeness (QED) is 0.215. The number of benzene rings is 3. The van der Waals surface area contributed by atoms with Crippen LogP contribution in [0.3, 0.4) is 0 Å². The Morgan fingerprint density at radius 2 is 1.70 bits per heavy atom. The van der Waals surface area contributed by atoms with Crippen LogP contribution in [0.4, 0.5) is 11.6 Å². The molecule has 2 saturated heterocycles. The fourth-order valence-electron chi connectivity index (χ4n) is 6.71. The molecule has 7 rings (SSSR count). The van der Waals surface area contributed by atoms with Crippen molar-refractivity contribution in [3.63, 3.8) is 0 Å². The zero-order chi connectivity index (χ0) is 30.0. The Kier molecular flexibility index (Phi) is 8.17. The lowest BCUT2D eigenvalue weighted by Crippen LogP contribution is -2.30. The molecule has 224 valence electrons. The second-order valence-electron chi connectivity index (χ2n) is 12.1. The van der Waals surface area contributed by atoms with Gasteiger partial charge in [0.1, 0.15) is 0 Å². The highest BCUT2D eigenvalue weighted by molar-refractivity contribution is 6.33. The predicted molar refractivity (Wildman–Crippen MR) is 180 cm³/mol. The van der Waals surface area contributed by atoms with E-state index >= 15 is 0 Å². The number of para-hydroxylation sites is 1. The average Bonchev–Trinajstić information content (AvgIpc) is 3.06. The van der Waals surface area contributed by atoms with Gasteiger partial charge in [0.15, 0.2) is 5.65 Å². The number of aromatic nitrogens is 3.